The van der Waals surface area contributed by atoms with E-state index in [1.165, 1.54) is 48.8 Å². The minimum Gasteiger partial charge on any atom is -0.453 e. The van der Waals surface area contributed by atoms with Crippen molar-refractivity contribution in [1.82, 2.24) is 0 Å². The predicted molar refractivity (Wildman–Crippen MR) is 204 cm³/mol. The van der Waals surface area contributed by atoms with Crippen LogP contribution in [0.1, 0.15) is 0 Å². The Bertz CT molecular complexity index is 2850. The summed E-state index contributed by atoms with van der Waals surface area (Å²) in [4.78, 5) is 2.36. The molecular formula is C46H29NO. The summed E-state index contributed by atoms with van der Waals surface area (Å²) in [6, 6.07) is 63.2. The van der Waals surface area contributed by atoms with Gasteiger partial charge in [0, 0.05) is 27.2 Å². The Labute approximate surface area is 277 Å². The molecule has 0 aliphatic carbocycles. The van der Waals surface area contributed by atoms with Gasteiger partial charge < -0.3 is 9.32 Å². The molecule has 0 N–H and O–H groups in total. The number of para-hydroxylation sites is 2. The Balaban J connectivity index is 1.26. The van der Waals surface area contributed by atoms with Gasteiger partial charge in [-0.3, -0.25) is 0 Å². The molecule has 2 nitrogen and oxygen atoms in total. The molecule has 0 radical (unpaired) electrons. The Hall–Kier alpha value is -6.38. The van der Waals surface area contributed by atoms with Crippen molar-refractivity contribution in [2.45, 2.75) is 0 Å². The molecule has 0 saturated carbocycles. The van der Waals surface area contributed by atoms with E-state index in [-0.39, 0.29) is 0 Å². The Morgan fingerprint density at radius 1 is 0.312 bits per heavy atom. The molecule has 1 aromatic heterocycles. The molecule has 9 aromatic carbocycles. The zero-order chi connectivity index (χ0) is 31.6. The fourth-order valence-corrected chi connectivity index (χ4v) is 7.66. The van der Waals surface area contributed by atoms with Gasteiger partial charge >= 0.3 is 0 Å². The van der Waals surface area contributed by atoms with Gasteiger partial charge in [-0.05, 0) is 79.8 Å². The maximum atomic E-state index is 6.87. The standard InChI is InChI=1S/C46H29NO/c1-2-15-32(16-3-1)47(44-24-12-23-40-41-26-25-30-13-4-7-18-34(30)45(41)48-46(40)44)43-28-27-38(36-20-10-11-22-39(36)43)42-29-31-14-5-6-17-33(31)35-19-8-9-21-37(35)42/h1-29H. The third-order valence-corrected chi connectivity index (χ3v) is 9.82. The second-order valence-electron chi connectivity index (χ2n) is 12.5. The summed E-state index contributed by atoms with van der Waals surface area (Å²) in [5.74, 6) is 0. The molecule has 10 aromatic rings. The fraction of sp³-hybridized carbons (Fsp3) is 0. The number of fused-ring (bicyclic) bond motifs is 9. The van der Waals surface area contributed by atoms with E-state index in [0.29, 0.717) is 0 Å². The van der Waals surface area contributed by atoms with Crippen LogP contribution in [0.25, 0.3) is 76.2 Å². The summed E-state index contributed by atoms with van der Waals surface area (Å²) < 4.78 is 6.87. The lowest BCUT2D eigenvalue weighted by Gasteiger charge is -2.27. The largest absolute Gasteiger partial charge is 0.453 e. The quantitative estimate of drug-likeness (QED) is 0.184. The van der Waals surface area contributed by atoms with E-state index >= 15 is 0 Å². The third-order valence-electron chi connectivity index (χ3n) is 9.82. The Morgan fingerprint density at radius 3 is 1.73 bits per heavy atom. The van der Waals surface area contributed by atoms with E-state index in [1.807, 2.05) is 0 Å². The number of benzene rings is 9. The SMILES string of the molecule is c1ccc(N(c2ccc(-c3cc4ccccc4c4ccccc34)c3ccccc23)c2cccc3c2oc2c4ccccc4ccc32)cc1. The molecule has 0 saturated heterocycles. The van der Waals surface area contributed by atoms with E-state index in [0.717, 1.165) is 44.4 Å². The van der Waals surface area contributed by atoms with E-state index in [1.54, 1.807) is 0 Å². The van der Waals surface area contributed by atoms with Crippen LogP contribution in [0, 0.1) is 0 Å². The second-order valence-corrected chi connectivity index (χ2v) is 12.5. The molecule has 0 aliphatic heterocycles. The van der Waals surface area contributed by atoms with Crippen LogP contribution in [-0.2, 0) is 0 Å². The summed E-state index contributed by atoms with van der Waals surface area (Å²) in [5.41, 5.74) is 7.44. The van der Waals surface area contributed by atoms with Crippen molar-refractivity contribution in [2.24, 2.45) is 0 Å². The van der Waals surface area contributed by atoms with Gasteiger partial charge in [-0.1, -0.05) is 140 Å². The highest BCUT2D eigenvalue weighted by molar-refractivity contribution is 6.20. The number of rotatable bonds is 4. The molecule has 0 unspecified atom stereocenters. The monoisotopic (exact) mass is 611 g/mol. The molecule has 48 heavy (non-hydrogen) atoms. The maximum absolute atomic E-state index is 6.87. The molecule has 224 valence electrons. The average Bonchev–Trinajstić information content (AvgIpc) is 3.55. The number of hydrogen-bond donors (Lipinski definition) is 0. The minimum atomic E-state index is 0.876. The highest BCUT2D eigenvalue weighted by atomic mass is 16.3. The van der Waals surface area contributed by atoms with Gasteiger partial charge in [0.25, 0.3) is 0 Å². The first-order valence-electron chi connectivity index (χ1n) is 16.4. The number of nitrogens with zero attached hydrogens (tertiary/aromatic N) is 1. The van der Waals surface area contributed by atoms with Crippen molar-refractivity contribution in [1.29, 1.82) is 0 Å². The highest BCUT2D eigenvalue weighted by Gasteiger charge is 2.22. The van der Waals surface area contributed by atoms with Gasteiger partial charge in [0.15, 0.2) is 5.58 Å². The van der Waals surface area contributed by atoms with Crippen molar-refractivity contribution in [2.75, 3.05) is 4.90 Å². The van der Waals surface area contributed by atoms with Crippen LogP contribution >= 0.6 is 0 Å². The van der Waals surface area contributed by atoms with Crippen molar-refractivity contribution >= 4 is 82.1 Å². The molecule has 0 bridgehead atoms. The van der Waals surface area contributed by atoms with E-state index < -0.39 is 0 Å². The Morgan fingerprint density at radius 2 is 0.917 bits per heavy atom. The zero-order valence-corrected chi connectivity index (χ0v) is 26.1. The summed E-state index contributed by atoms with van der Waals surface area (Å²) in [7, 11) is 0. The predicted octanol–water partition coefficient (Wildman–Crippen LogP) is 13.3. The van der Waals surface area contributed by atoms with Crippen molar-refractivity contribution in [3.63, 3.8) is 0 Å². The summed E-state index contributed by atoms with van der Waals surface area (Å²) >= 11 is 0. The lowest BCUT2D eigenvalue weighted by molar-refractivity contribution is 0.673. The van der Waals surface area contributed by atoms with Crippen LogP contribution in [0.3, 0.4) is 0 Å². The van der Waals surface area contributed by atoms with E-state index in [2.05, 4.69) is 181 Å². The first kappa shape index (κ1) is 26.8. The van der Waals surface area contributed by atoms with E-state index in [9.17, 15) is 0 Å². The molecule has 0 aliphatic rings. The van der Waals surface area contributed by atoms with Crippen LogP contribution in [-0.4, -0.2) is 0 Å². The first-order chi connectivity index (χ1) is 23.8. The maximum Gasteiger partial charge on any atom is 0.159 e. The first-order valence-corrected chi connectivity index (χ1v) is 16.4. The number of anilines is 3. The molecular weight excluding hydrogens is 583 g/mol. The number of furan rings is 1. The molecule has 1 heterocycles. The van der Waals surface area contributed by atoms with Gasteiger partial charge in [0.2, 0.25) is 0 Å². The average molecular weight is 612 g/mol. The van der Waals surface area contributed by atoms with Gasteiger partial charge in [-0.25, -0.2) is 0 Å². The van der Waals surface area contributed by atoms with Crippen molar-refractivity contribution in [3.05, 3.63) is 176 Å². The van der Waals surface area contributed by atoms with Gasteiger partial charge in [-0.2, -0.15) is 0 Å². The lowest BCUT2D eigenvalue weighted by Crippen LogP contribution is -2.10. The molecule has 0 amide bonds. The van der Waals surface area contributed by atoms with Crippen molar-refractivity contribution in [3.8, 4) is 11.1 Å². The van der Waals surface area contributed by atoms with Gasteiger partial charge in [-0.15, -0.1) is 0 Å². The third kappa shape index (κ3) is 4.00. The molecule has 2 heteroatoms. The van der Waals surface area contributed by atoms with Gasteiger partial charge in [0.05, 0.1) is 11.4 Å². The zero-order valence-electron chi connectivity index (χ0n) is 26.1. The molecule has 10 rings (SSSR count). The topological polar surface area (TPSA) is 16.4 Å². The summed E-state index contributed by atoms with van der Waals surface area (Å²) in [5, 5.41) is 12.0. The van der Waals surface area contributed by atoms with Crippen molar-refractivity contribution < 1.29 is 4.42 Å². The van der Waals surface area contributed by atoms with Crippen LogP contribution in [0.5, 0.6) is 0 Å². The Kier molecular flexibility index (Phi) is 5.91. The highest BCUT2D eigenvalue weighted by Crippen LogP contribution is 2.47. The van der Waals surface area contributed by atoms with E-state index in [4.69, 9.17) is 4.42 Å². The molecule has 0 fully saturated rings. The minimum absolute atomic E-state index is 0.876. The second kappa shape index (κ2) is 10.6. The smallest absolute Gasteiger partial charge is 0.159 e. The van der Waals surface area contributed by atoms with Crippen LogP contribution in [0.2, 0.25) is 0 Å². The normalized spacial score (nSPS) is 11.8. The van der Waals surface area contributed by atoms with Crippen LogP contribution < -0.4 is 4.90 Å². The molecule has 0 atom stereocenters. The summed E-state index contributed by atoms with van der Waals surface area (Å²) in [6.07, 6.45) is 0. The number of hydrogen-bond acceptors (Lipinski definition) is 2. The van der Waals surface area contributed by atoms with Crippen LogP contribution in [0.4, 0.5) is 17.1 Å². The van der Waals surface area contributed by atoms with Crippen LogP contribution in [0.15, 0.2) is 180 Å². The summed E-state index contributed by atoms with van der Waals surface area (Å²) in [6.45, 7) is 0. The fourth-order valence-electron chi connectivity index (χ4n) is 7.66. The molecule has 0 spiro atoms. The lowest BCUT2D eigenvalue weighted by atomic mass is 9.90. The van der Waals surface area contributed by atoms with Gasteiger partial charge in [0.1, 0.15) is 5.58 Å².